The van der Waals surface area contributed by atoms with Gasteiger partial charge in [-0.1, -0.05) is 6.07 Å². The highest BCUT2D eigenvalue weighted by atomic mass is 28.4. The Balaban J connectivity index is 2.24. The molecule has 0 heterocycles. The molecule has 1 amide bonds. The van der Waals surface area contributed by atoms with Crippen molar-refractivity contribution in [2.75, 3.05) is 46.2 Å². The summed E-state index contributed by atoms with van der Waals surface area (Å²) in [7, 11) is -2.69. The maximum absolute atomic E-state index is 11.9. The van der Waals surface area contributed by atoms with Crippen LogP contribution < -0.4 is 14.8 Å². The van der Waals surface area contributed by atoms with Crippen LogP contribution in [0.25, 0.3) is 6.08 Å². The normalized spacial score (nSPS) is 11.5. The van der Waals surface area contributed by atoms with Gasteiger partial charge in [-0.2, -0.15) is 0 Å². The van der Waals surface area contributed by atoms with Crippen molar-refractivity contribution in [1.29, 1.82) is 0 Å². The van der Waals surface area contributed by atoms with E-state index in [1.54, 1.807) is 18.2 Å². The molecular weight excluding hydrogens is 510 g/mol. The summed E-state index contributed by atoms with van der Waals surface area (Å²) in [5.41, 5.74) is 0.723. The van der Waals surface area contributed by atoms with Gasteiger partial charge in [0.25, 0.3) is 0 Å². The number of benzene rings is 1. The monoisotopic (exact) mass is 555 g/mol. The molecule has 216 valence electrons. The summed E-state index contributed by atoms with van der Waals surface area (Å²) in [5, 5.41) is 11.6. The zero-order valence-corrected chi connectivity index (χ0v) is 24.3. The third kappa shape index (κ3) is 14.4. The highest BCUT2D eigenvalue weighted by Crippen LogP contribution is 2.29. The fourth-order valence-corrected chi connectivity index (χ4v) is 6.25. The molecule has 0 bridgehead atoms. The SMILES string of the molecule is CCOc1ccc(/C=C/C(=O)O)cc1OCCCCCCOC(=O)NCCC[Si](OCC)(OCC)OCC. The quantitative estimate of drug-likeness (QED) is 0.112. The molecule has 10 nitrogen and oxygen atoms in total. The third-order valence-corrected chi connectivity index (χ3v) is 8.39. The van der Waals surface area contributed by atoms with Crippen LogP contribution in [0.2, 0.25) is 6.04 Å². The number of carboxylic acid groups (broad SMARTS) is 1. The van der Waals surface area contributed by atoms with E-state index in [1.807, 2.05) is 27.7 Å². The van der Waals surface area contributed by atoms with Gasteiger partial charge in [0.2, 0.25) is 0 Å². The maximum atomic E-state index is 11.9. The number of amides is 1. The number of rotatable bonds is 22. The number of aliphatic carboxylic acids is 1. The molecule has 0 saturated carbocycles. The summed E-state index contributed by atoms with van der Waals surface area (Å²) in [5.74, 6) is 0.206. The first-order valence-electron chi connectivity index (χ1n) is 13.5. The molecule has 0 fully saturated rings. The Bertz CT molecular complexity index is 818. The van der Waals surface area contributed by atoms with E-state index in [9.17, 15) is 9.59 Å². The number of ether oxygens (including phenoxy) is 3. The van der Waals surface area contributed by atoms with Crippen LogP contribution in [0.3, 0.4) is 0 Å². The predicted octanol–water partition coefficient (Wildman–Crippen LogP) is 5.29. The minimum absolute atomic E-state index is 0.356. The van der Waals surface area contributed by atoms with Crippen LogP contribution >= 0.6 is 0 Å². The number of carbonyl (C=O) groups excluding carboxylic acids is 1. The van der Waals surface area contributed by atoms with Crippen molar-refractivity contribution in [3.8, 4) is 11.5 Å². The molecule has 0 unspecified atom stereocenters. The van der Waals surface area contributed by atoms with Crippen molar-refractivity contribution in [3.05, 3.63) is 29.8 Å². The lowest BCUT2D eigenvalue weighted by Crippen LogP contribution is -2.46. The summed E-state index contributed by atoms with van der Waals surface area (Å²) in [6, 6.07) is 5.97. The lowest BCUT2D eigenvalue weighted by molar-refractivity contribution is -0.131. The van der Waals surface area contributed by atoms with Crippen molar-refractivity contribution in [2.24, 2.45) is 0 Å². The summed E-state index contributed by atoms with van der Waals surface area (Å²) in [4.78, 5) is 22.7. The first kappa shape index (κ1) is 33.4. The molecule has 11 heteroatoms. The van der Waals surface area contributed by atoms with Gasteiger partial charge in [-0.25, -0.2) is 9.59 Å². The van der Waals surface area contributed by atoms with E-state index in [4.69, 9.17) is 32.6 Å². The molecule has 0 spiro atoms. The molecule has 38 heavy (non-hydrogen) atoms. The van der Waals surface area contributed by atoms with Crippen molar-refractivity contribution < 1.29 is 42.2 Å². The van der Waals surface area contributed by atoms with Crippen LogP contribution in [0.5, 0.6) is 11.5 Å². The van der Waals surface area contributed by atoms with Crippen LogP contribution in [0.1, 0.15) is 65.4 Å². The molecule has 1 aromatic carbocycles. The van der Waals surface area contributed by atoms with Gasteiger partial charge in [0.15, 0.2) is 11.5 Å². The van der Waals surface area contributed by atoms with Crippen LogP contribution in [0.4, 0.5) is 4.79 Å². The number of hydrogen-bond acceptors (Lipinski definition) is 8. The smallest absolute Gasteiger partial charge is 0.490 e. The zero-order valence-electron chi connectivity index (χ0n) is 23.3. The van der Waals surface area contributed by atoms with Gasteiger partial charge in [-0.05, 0) is 83.6 Å². The van der Waals surface area contributed by atoms with Crippen molar-refractivity contribution >= 4 is 26.9 Å². The highest BCUT2D eigenvalue weighted by molar-refractivity contribution is 6.60. The second-order valence-corrected chi connectivity index (χ2v) is 11.0. The van der Waals surface area contributed by atoms with Gasteiger partial charge < -0.3 is 37.9 Å². The van der Waals surface area contributed by atoms with Crippen molar-refractivity contribution in [1.82, 2.24) is 5.32 Å². The Kier molecular flexibility index (Phi) is 17.9. The molecule has 0 radical (unpaired) electrons. The average Bonchev–Trinajstić information content (AvgIpc) is 2.88. The van der Waals surface area contributed by atoms with E-state index in [1.165, 1.54) is 6.08 Å². The molecule has 1 aromatic rings. The fraction of sp³-hybridized carbons (Fsp3) is 0.630. The second kappa shape index (κ2) is 20.4. The van der Waals surface area contributed by atoms with E-state index < -0.39 is 20.9 Å². The van der Waals surface area contributed by atoms with Crippen LogP contribution in [0.15, 0.2) is 24.3 Å². The Morgan fingerprint density at radius 1 is 0.842 bits per heavy atom. The van der Waals surface area contributed by atoms with Crippen molar-refractivity contribution in [3.63, 3.8) is 0 Å². The predicted molar refractivity (Wildman–Crippen MR) is 148 cm³/mol. The Labute approximate surface area is 228 Å². The van der Waals surface area contributed by atoms with Crippen LogP contribution in [0, 0.1) is 0 Å². The number of carbonyl (C=O) groups is 2. The summed E-state index contributed by atoms with van der Waals surface area (Å²) in [6.07, 6.45) is 6.28. The number of alkyl carbamates (subject to hydrolysis) is 1. The lowest BCUT2D eigenvalue weighted by atomic mass is 10.2. The van der Waals surface area contributed by atoms with Crippen LogP contribution in [-0.2, 0) is 22.8 Å². The maximum Gasteiger partial charge on any atom is 0.500 e. The topological polar surface area (TPSA) is 122 Å². The Hall–Kier alpha value is -2.60. The third-order valence-electron chi connectivity index (χ3n) is 5.24. The summed E-state index contributed by atoms with van der Waals surface area (Å²) in [6.45, 7) is 11.1. The fourth-order valence-electron chi connectivity index (χ4n) is 3.64. The first-order valence-corrected chi connectivity index (χ1v) is 15.5. The molecule has 2 N–H and O–H groups in total. The van der Waals surface area contributed by atoms with E-state index in [-0.39, 0.29) is 0 Å². The van der Waals surface area contributed by atoms with Crippen molar-refractivity contribution in [2.45, 2.75) is 65.8 Å². The zero-order chi connectivity index (χ0) is 28.1. The number of carboxylic acids is 1. The average molecular weight is 556 g/mol. The number of unbranched alkanes of at least 4 members (excludes halogenated alkanes) is 3. The Morgan fingerprint density at radius 2 is 1.50 bits per heavy atom. The van der Waals surface area contributed by atoms with E-state index in [0.717, 1.165) is 37.3 Å². The largest absolute Gasteiger partial charge is 0.500 e. The first-order chi connectivity index (χ1) is 18.4. The molecule has 0 aliphatic rings. The molecule has 0 aromatic heterocycles. The molecule has 0 saturated heterocycles. The molecular formula is C27H45NO9Si. The minimum Gasteiger partial charge on any atom is -0.490 e. The van der Waals surface area contributed by atoms with E-state index in [0.29, 0.717) is 70.1 Å². The molecule has 0 aliphatic heterocycles. The Morgan fingerprint density at radius 3 is 2.11 bits per heavy atom. The van der Waals surface area contributed by atoms with Gasteiger partial charge >= 0.3 is 20.9 Å². The highest BCUT2D eigenvalue weighted by Gasteiger charge is 2.39. The summed E-state index contributed by atoms with van der Waals surface area (Å²) >= 11 is 0. The van der Waals surface area contributed by atoms with Gasteiger partial charge in [0.05, 0.1) is 19.8 Å². The van der Waals surface area contributed by atoms with E-state index >= 15 is 0 Å². The van der Waals surface area contributed by atoms with E-state index in [2.05, 4.69) is 5.32 Å². The number of nitrogens with one attached hydrogen (secondary N) is 1. The van der Waals surface area contributed by atoms with Gasteiger partial charge in [-0.3, -0.25) is 0 Å². The van der Waals surface area contributed by atoms with Crippen LogP contribution in [-0.4, -0.2) is 72.2 Å². The van der Waals surface area contributed by atoms with Gasteiger partial charge in [-0.15, -0.1) is 0 Å². The molecule has 0 atom stereocenters. The standard InChI is InChI=1S/C27H45NO9Si/c1-5-32-24-16-14-23(15-17-26(29)30)22-25(24)33-19-11-9-10-12-20-34-27(31)28-18-13-21-38(35-6-2,36-7-3)37-8-4/h14-17,22H,5-13,18-21H2,1-4H3,(H,28,31)(H,29,30)/b17-15+. The minimum atomic E-state index is -2.69. The molecule has 0 aliphatic carbocycles. The lowest BCUT2D eigenvalue weighted by Gasteiger charge is -2.28. The van der Waals surface area contributed by atoms with Gasteiger partial charge in [0.1, 0.15) is 0 Å². The molecule has 1 rings (SSSR count). The summed E-state index contributed by atoms with van der Waals surface area (Å²) < 4.78 is 34.2. The number of hydrogen-bond donors (Lipinski definition) is 2. The second-order valence-electron chi connectivity index (χ2n) is 8.22. The van der Waals surface area contributed by atoms with Gasteiger partial charge in [0, 0.05) is 38.5 Å².